The SMILES string of the molecule is N[C@@H]1C[C@H](C(=O)N2CCN(C(=O)c3ccccc3)CC2)C[C@H]1O. The van der Waals surface area contributed by atoms with Crippen molar-refractivity contribution in [3.05, 3.63) is 35.9 Å². The van der Waals surface area contributed by atoms with E-state index < -0.39 is 6.10 Å². The summed E-state index contributed by atoms with van der Waals surface area (Å²) in [5, 5.41) is 9.71. The van der Waals surface area contributed by atoms with Crippen LogP contribution in [0.15, 0.2) is 30.3 Å². The minimum atomic E-state index is -0.579. The fraction of sp³-hybridized carbons (Fsp3) is 0.529. The zero-order chi connectivity index (χ0) is 16.4. The van der Waals surface area contributed by atoms with E-state index in [2.05, 4.69) is 0 Å². The Morgan fingerprint density at radius 2 is 1.61 bits per heavy atom. The van der Waals surface area contributed by atoms with Gasteiger partial charge in [0, 0.05) is 43.7 Å². The minimum absolute atomic E-state index is 0.0102. The van der Waals surface area contributed by atoms with Crippen LogP contribution >= 0.6 is 0 Å². The van der Waals surface area contributed by atoms with Gasteiger partial charge in [-0.05, 0) is 25.0 Å². The van der Waals surface area contributed by atoms with Gasteiger partial charge in [-0.3, -0.25) is 9.59 Å². The number of carbonyl (C=O) groups is 2. The number of hydrogen-bond donors (Lipinski definition) is 2. The lowest BCUT2D eigenvalue weighted by Crippen LogP contribution is -2.51. The molecule has 0 radical (unpaired) electrons. The molecular weight excluding hydrogens is 294 g/mol. The summed E-state index contributed by atoms with van der Waals surface area (Å²) in [5.74, 6) is -0.115. The Bertz CT molecular complexity index is 560. The molecule has 3 atom stereocenters. The molecule has 6 nitrogen and oxygen atoms in total. The zero-order valence-corrected chi connectivity index (χ0v) is 13.1. The van der Waals surface area contributed by atoms with Gasteiger partial charge in [-0.2, -0.15) is 0 Å². The summed E-state index contributed by atoms with van der Waals surface area (Å²) >= 11 is 0. The van der Waals surface area contributed by atoms with E-state index in [4.69, 9.17) is 5.73 Å². The van der Waals surface area contributed by atoms with Crippen molar-refractivity contribution in [2.45, 2.75) is 25.0 Å². The van der Waals surface area contributed by atoms with Crippen molar-refractivity contribution in [2.24, 2.45) is 11.7 Å². The number of nitrogens with two attached hydrogens (primary N) is 1. The second-order valence-electron chi connectivity index (χ2n) is 6.38. The molecule has 3 rings (SSSR count). The van der Waals surface area contributed by atoms with E-state index in [9.17, 15) is 14.7 Å². The number of benzene rings is 1. The summed E-state index contributed by atoms with van der Waals surface area (Å²) in [5.41, 5.74) is 6.47. The standard InChI is InChI=1S/C17H23N3O3/c18-14-10-13(11-15(14)21)17(23)20-8-6-19(7-9-20)16(22)12-4-2-1-3-5-12/h1-5,13-15,21H,6-11,18H2/t13-,14+,15+/m0/s1. The third kappa shape index (κ3) is 3.38. The summed E-state index contributed by atoms with van der Waals surface area (Å²) in [7, 11) is 0. The molecule has 2 aliphatic rings. The van der Waals surface area contributed by atoms with E-state index in [1.807, 2.05) is 18.2 Å². The largest absolute Gasteiger partial charge is 0.391 e. The van der Waals surface area contributed by atoms with Crippen LogP contribution in [0.1, 0.15) is 23.2 Å². The molecule has 3 N–H and O–H groups in total. The monoisotopic (exact) mass is 317 g/mol. The van der Waals surface area contributed by atoms with Gasteiger partial charge in [0.05, 0.1) is 6.10 Å². The molecule has 2 fully saturated rings. The molecule has 23 heavy (non-hydrogen) atoms. The van der Waals surface area contributed by atoms with Crippen molar-refractivity contribution >= 4 is 11.8 Å². The molecular formula is C17H23N3O3. The first-order valence-corrected chi connectivity index (χ1v) is 8.13. The number of aliphatic hydroxyl groups excluding tert-OH is 1. The summed E-state index contributed by atoms with van der Waals surface area (Å²) in [4.78, 5) is 28.5. The average Bonchev–Trinajstić information content (AvgIpc) is 2.93. The summed E-state index contributed by atoms with van der Waals surface area (Å²) in [6, 6.07) is 8.89. The van der Waals surface area contributed by atoms with Crippen LogP contribution in [0.5, 0.6) is 0 Å². The van der Waals surface area contributed by atoms with E-state index in [0.717, 1.165) is 0 Å². The van der Waals surface area contributed by atoms with Crippen molar-refractivity contribution in [3.63, 3.8) is 0 Å². The lowest BCUT2D eigenvalue weighted by molar-refractivity contribution is -0.137. The number of rotatable bonds is 2. The second-order valence-corrected chi connectivity index (χ2v) is 6.38. The molecule has 1 saturated heterocycles. The Hall–Kier alpha value is -1.92. The number of amides is 2. The van der Waals surface area contributed by atoms with Crippen LogP contribution in [0.25, 0.3) is 0 Å². The molecule has 1 aromatic carbocycles. The highest BCUT2D eigenvalue weighted by atomic mass is 16.3. The third-order valence-corrected chi connectivity index (χ3v) is 4.83. The summed E-state index contributed by atoms with van der Waals surface area (Å²) < 4.78 is 0. The van der Waals surface area contributed by atoms with Crippen molar-refractivity contribution in [1.82, 2.24) is 9.80 Å². The first-order chi connectivity index (χ1) is 11.1. The molecule has 6 heteroatoms. The molecule has 0 aromatic heterocycles. The number of nitrogens with zero attached hydrogens (tertiary/aromatic N) is 2. The predicted molar refractivity (Wildman–Crippen MR) is 85.6 cm³/mol. The van der Waals surface area contributed by atoms with Gasteiger partial charge in [0.2, 0.25) is 5.91 Å². The van der Waals surface area contributed by atoms with Crippen LogP contribution in [0.4, 0.5) is 0 Å². The van der Waals surface area contributed by atoms with Gasteiger partial charge in [-0.15, -0.1) is 0 Å². The molecule has 1 aliphatic carbocycles. The van der Waals surface area contributed by atoms with Gasteiger partial charge in [0.1, 0.15) is 0 Å². The molecule has 0 unspecified atom stereocenters. The van der Waals surface area contributed by atoms with Gasteiger partial charge in [0.15, 0.2) is 0 Å². The fourth-order valence-electron chi connectivity index (χ4n) is 3.40. The van der Waals surface area contributed by atoms with Gasteiger partial charge >= 0.3 is 0 Å². The molecule has 0 bridgehead atoms. The van der Waals surface area contributed by atoms with E-state index in [1.165, 1.54) is 0 Å². The Morgan fingerprint density at radius 1 is 1.00 bits per heavy atom. The van der Waals surface area contributed by atoms with E-state index >= 15 is 0 Å². The van der Waals surface area contributed by atoms with Crippen molar-refractivity contribution in [1.29, 1.82) is 0 Å². The van der Waals surface area contributed by atoms with E-state index in [-0.39, 0.29) is 23.8 Å². The minimum Gasteiger partial charge on any atom is -0.391 e. The van der Waals surface area contributed by atoms with Crippen molar-refractivity contribution in [3.8, 4) is 0 Å². The fourth-order valence-corrected chi connectivity index (χ4v) is 3.40. The van der Waals surface area contributed by atoms with Gasteiger partial charge < -0.3 is 20.6 Å². The van der Waals surface area contributed by atoms with Crippen LogP contribution in [0.2, 0.25) is 0 Å². The highest BCUT2D eigenvalue weighted by molar-refractivity contribution is 5.94. The van der Waals surface area contributed by atoms with Crippen molar-refractivity contribution < 1.29 is 14.7 Å². The smallest absolute Gasteiger partial charge is 0.253 e. The van der Waals surface area contributed by atoms with Crippen LogP contribution in [0, 0.1) is 5.92 Å². The van der Waals surface area contributed by atoms with Crippen LogP contribution in [-0.4, -0.2) is 65.0 Å². The Balaban J connectivity index is 1.54. The van der Waals surface area contributed by atoms with Crippen LogP contribution in [-0.2, 0) is 4.79 Å². The zero-order valence-electron chi connectivity index (χ0n) is 13.1. The summed E-state index contributed by atoms with van der Waals surface area (Å²) in [6.45, 7) is 2.17. The molecule has 1 aromatic rings. The maximum Gasteiger partial charge on any atom is 0.253 e. The molecule has 1 aliphatic heterocycles. The number of hydrogen-bond acceptors (Lipinski definition) is 4. The molecule has 1 heterocycles. The maximum absolute atomic E-state index is 12.5. The Morgan fingerprint density at radius 3 is 2.17 bits per heavy atom. The molecule has 0 spiro atoms. The lowest BCUT2D eigenvalue weighted by Gasteiger charge is -2.36. The quantitative estimate of drug-likeness (QED) is 0.808. The third-order valence-electron chi connectivity index (χ3n) is 4.83. The molecule has 1 saturated carbocycles. The maximum atomic E-state index is 12.5. The average molecular weight is 317 g/mol. The number of piperazine rings is 1. The first kappa shape index (κ1) is 16.0. The normalized spacial score (nSPS) is 28.0. The topological polar surface area (TPSA) is 86.9 Å². The van der Waals surface area contributed by atoms with Gasteiger partial charge in [-0.25, -0.2) is 0 Å². The second kappa shape index (κ2) is 6.68. The first-order valence-electron chi connectivity index (χ1n) is 8.13. The van der Waals surface area contributed by atoms with Gasteiger partial charge in [-0.1, -0.05) is 18.2 Å². The predicted octanol–water partition coefficient (Wildman–Crippen LogP) is 0.0692. The lowest BCUT2D eigenvalue weighted by atomic mass is 10.1. The summed E-state index contributed by atoms with van der Waals surface area (Å²) in [6.07, 6.45) is 0.414. The van der Waals surface area contributed by atoms with E-state index in [0.29, 0.717) is 44.6 Å². The van der Waals surface area contributed by atoms with Crippen LogP contribution in [0.3, 0.4) is 0 Å². The van der Waals surface area contributed by atoms with Crippen LogP contribution < -0.4 is 5.73 Å². The van der Waals surface area contributed by atoms with Gasteiger partial charge in [0.25, 0.3) is 5.91 Å². The molecule has 2 amide bonds. The van der Waals surface area contributed by atoms with Crippen molar-refractivity contribution in [2.75, 3.05) is 26.2 Å². The Labute approximate surface area is 135 Å². The highest BCUT2D eigenvalue weighted by Gasteiger charge is 2.37. The number of aliphatic hydroxyl groups is 1. The number of carbonyl (C=O) groups excluding carboxylic acids is 2. The van der Waals surface area contributed by atoms with E-state index in [1.54, 1.807) is 21.9 Å². The molecule has 124 valence electrons. The Kier molecular flexibility index (Phi) is 4.63. The highest BCUT2D eigenvalue weighted by Crippen LogP contribution is 2.27.